The predicted molar refractivity (Wildman–Crippen MR) is 41.8 cm³/mol. The van der Waals surface area contributed by atoms with Crippen LogP contribution < -0.4 is 0 Å². The Bertz CT molecular complexity index is 101. The van der Waals surface area contributed by atoms with Crippen molar-refractivity contribution in [3.05, 3.63) is 0 Å². The second kappa shape index (κ2) is 2.51. The average Bonchev–Trinajstić information content (AvgIpc) is 2.10. The number of rotatable bonds is 1. The molecule has 0 spiro atoms. The highest BCUT2D eigenvalue weighted by atomic mass is 32.2. The zero-order valence-electron chi connectivity index (χ0n) is 6.05. The van der Waals surface area contributed by atoms with Gasteiger partial charge >= 0.3 is 0 Å². The maximum atomic E-state index is 9.48. The van der Waals surface area contributed by atoms with Crippen molar-refractivity contribution in [2.75, 3.05) is 6.26 Å². The molecule has 9 heavy (non-hydrogen) atoms. The third-order valence-electron chi connectivity index (χ3n) is 2.01. The molecule has 1 nitrogen and oxygen atoms in total. The molecule has 2 atom stereocenters. The molecule has 0 amide bonds. The van der Waals surface area contributed by atoms with E-state index in [0.717, 1.165) is 12.8 Å². The first-order chi connectivity index (χ1) is 4.14. The maximum Gasteiger partial charge on any atom is 0.0630 e. The molecule has 1 aliphatic carbocycles. The van der Waals surface area contributed by atoms with Crippen molar-refractivity contribution < 1.29 is 5.11 Å². The first kappa shape index (κ1) is 7.42. The summed E-state index contributed by atoms with van der Waals surface area (Å²) in [7, 11) is 0. The normalized spacial score (nSPS) is 43.7. The topological polar surface area (TPSA) is 20.2 Å². The van der Waals surface area contributed by atoms with Crippen molar-refractivity contribution in [1.29, 1.82) is 0 Å². The van der Waals surface area contributed by atoms with Gasteiger partial charge in [0.05, 0.1) is 5.60 Å². The van der Waals surface area contributed by atoms with Gasteiger partial charge in [-0.05, 0) is 32.4 Å². The minimum absolute atomic E-state index is 0.353. The van der Waals surface area contributed by atoms with Crippen LogP contribution in [0.25, 0.3) is 0 Å². The summed E-state index contributed by atoms with van der Waals surface area (Å²) in [4.78, 5) is 0. The Kier molecular flexibility index (Phi) is 2.07. The molecule has 0 bridgehead atoms. The van der Waals surface area contributed by atoms with Gasteiger partial charge in [0.2, 0.25) is 0 Å². The summed E-state index contributed by atoms with van der Waals surface area (Å²) in [5, 5.41) is 10.2. The average molecular weight is 146 g/mol. The first-order valence-electron chi connectivity index (χ1n) is 3.39. The molecule has 0 aromatic carbocycles. The van der Waals surface area contributed by atoms with Crippen molar-refractivity contribution in [3.8, 4) is 0 Å². The van der Waals surface area contributed by atoms with E-state index in [0.29, 0.717) is 5.25 Å². The van der Waals surface area contributed by atoms with Crippen LogP contribution in [-0.4, -0.2) is 22.2 Å². The molecule has 1 N–H and O–H groups in total. The van der Waals surface area contributed by atoms with Crippen LogP contribution in [0, 0.1) is 0 Å². The Balaban J connectivity index is 2.38. The SMILES string of the molecule is CSC1CCC(C)(O)C1. The van der Waals surface area contributed by atoms with E-state index in [1.807, 2.05) is 18.7 Å². The van der Waals surface area contributed by atoms with Gasteiger partial charge < -0.3 is 5.11 Å². The van der Waals surface area contributed by atoms with Gasteiger partial charge in [-0.3, -0.25) is 0 Å². The molecule has 1 aliphatic rings. The molecule has 0 heterocycles. The third-order valence-corrected chi connectivity index (χ3v) is 3.07. The largest absolute Gasteiger partial charge is 0.390 e. The summed E-state index contributed by atoms with van der Waals surface area (Å²) in [6, 6.07) is 0. The Morgan fingerprint density at radius 1 is 1.67 bits per heavy atom. The lowest BCUT2D eigenvalue weighted by molar-refractivity contribution is 0.0686. The van der Waals surface area contributed by atoms with Gasteiger partial charge in [-0.1, -0.05) is 0 Å². The lowest BCUT2D eigenvalue weighted by atomic mass is 10.1. The van der Waals surface area contributed by atoms with E-state index < -0.39 is 0 Å². The highest BCUT2D eigenvalue weighted by molar-refractivity contribution is 7.99. The highest BCUT2D eigenvalue weighted by Gasteiger charge is 2.31. The minimum Gasteiger partial charge on any atom is -0.390 e. The molecule has 2 unspecified atom stereocenters. The summed E-state index contributed by atoms with van der Waals surface area (Å²) < 4.78 is 0. The predicted octanol–water partition coefficient (Wildman–Crippen LogP) is 1.65. The summed E-state index contributed by atoms with van der Waals surface area (Å²) in [5.41, 5.74) is -0.353. The van der Waals surface area contributed by atoms with E-state index in [9.17, 15) is 5.11 Å². The second-order valence-electron chi connectivity index (χ2n) is 3.10. The van der Waals surface area contributed by atoms with Crippen LogP contribution in [-0.2, 0) is 0 Å². The van der Waals surface area contributed by atoms with Crippen molar-refractivity contribution in [1.82, 2.24) is 0 Å². The summed E-state index contributed by atoms with van der Waals surface area (Å²) >= 11 is 1.87. The fourth-order valence-corrected chi connectivity index (χ4v) is 2.25. The lowest BCUT2D eigenvalue weighted by Crippen LogP contribution is -2.18. The van der Waals surface area contributed by atoms with Gasteiger partial charge in [-0.2, -0.15) is 11.8 Å². The fourth-order valence-electron chi connectivity index (χ4n) is 1.37. The van der Waals surface area contributed by atoms with E-state index >= 15 is 0 Å². The quantitative estimate of drug-likeness (QED) is 0.607. The lowest BCUT2D eigenvalue weighted by Gasteiger charge is -2.14. The van der Waals surface area contributed by atoms with E-state index in [1.54, 1.807) is 0 Å². The van der Waals surface area contributed by atoms with Gasteiger partial charge in [-0.25, -0.2) is 0 Å². The van der Waals surface area contributed by atoms with Crippen LogP contribution in [0.15, 0.2) is 0 Å². The van der Waals surface area contributed by atoms with Gasteiger partial charge in [0.15, 0.2) is 0 Å². The number of hydrogen-bond acceptors (Lipinski definition) is 2. The van der Waals surface area contributed by atoms with Crippen LogP contribution in [0.5, 0.6) is 0 Å². The van der Waals surface area contributed by atoms with E-state index in [2.05, 4.69) is 6.26 Å². The molecule has 0 saturated heterocycles. The van der Waals surface area contributed by atoms with Crippen LogP contribution >= 0.6 is 11.8 Å². The van der Waals surface area contributed by atoms with Gasteiger partial charge in [0.1, 0.15) is 0 Å². The highest BCUT2D eigenvalue weighted by Crippen LogP contribution is 2.35. The van der Waals surface area contributed by atoms with Crippen LogP contribution in [0.4, 0.5) is 0 Å². The van der Waals surface area contributed by atoms with E-state index in [1.165, 1.54) is 6.42 Å². The Morgan fingerprint density at radius 2 is 2.33 bits per heavy atom. The molecule has 0 radical (unpaired) electrons. The van der Waals surface area contributed by atoms with E-state index in [-0.39, 0.29) is 5.60 Å². The zero-order chi connectivity index (χ0) is 6.91. The second-order valence-corrected chi connectivity index (χ2v) is 4.24. The van der Waals surface area contributed by atoms with E-state index in [4.69, 9.17) is 0 Å². The Morgan fingerprint density at radius 3 is 2.56 bits per heavy atom. The molecule has 1 rings (SSSR count). The molecule has 1 fully saturated rings. The fraction of sp³-hybridized carbons (Fsp3) is 1.00. The molecular formula is C7H14OS. The molecule has 2 heteroatoms. The van der Waals surface area contributed by atoms with Gasteiger partial charge in [0.25, 0.3) is 0 Å². The minimum atomic E-state index is -0.353. The smallest absolute Gasteiger partial charge is 0.0630 e. The van der Waals surface area contributed by atoms with Crippen molar-refractivity contribution in [2.45, 2.75) is 37.0 Å². The number of aliphatic hydroxyl groups is 1. The standard InChI is InChI=1S/C7H14OS/c1-7(8)4-3-6(5-7)9-2/h6,8H,3-5H2,1-2H3. The number of thioether (sulfide) groups is 1. The van der Waals surface area contributed by atoms with Crippen LogP contribution in [0.2, 0.25) is 0 Å². The molecule has 0 aromatic heterocycles. The monoisotopic (exact) mass is 146 g/mol. The van der Waals surface area contributed by atoms with Crippen molar-refractivity contribution in [3.63, 3.8) is 0 Å². The first-order valence-corrected chi connectivity index (χ1v) is 4.68. The van der Waals surface area contributed by atoms with Crippen LogP contribution in [0.3, 0.4) is 0 Å². The van der Waals surface area contributed by atoms with Crippen LogP contribution in [0.1, 0.15) is 26.2 Å². The summed E-state index contributed by atoms with van der Waals surface area (Å²) in [6.45, 7) is 1.93. The summed E-state index contributed by atoms with van der Waals surface area (Å²) in [5.74, 6) is 0. The molecule has 0 aliphatic heterocycles. The summed E-state index contributed by atoms with van der Waals surface area (Å²) in [6.07, 6.45) is 5.27. The zero-order valence-corrected chi connectivity index (χ0v) is 6.87. The Labute approximate surface area is 60.8 Å². The Hall–Kier alpha value is 0.310. The number of hydrogen-bond donors (Lipinski definition) is 1. The molecule has 1 saturated carbocycles. The van der Waals surface area contributed by atoms with Crippen molar-refractivity contribution in [2.24, 2.45) is 0 Å². The molecular weight excluding hydrogens is 132 g/mol. The van der Waals surface area contributed by atoms with Gasteiger partial charge in [-0.15, -0.1) is 0 Å². The molecule has 0 aromatic rings. The maximum absolute atomic E-state index is 9.48. The van der Waals surface area contributed by atoms with Gasteiger partial charge in [0, 0.05) is 5.25 Å². The van der Waals surface area contributed by atoms with Crippen molar-refractivity contribution >= 4 is 11.8 Å². The molecule has 54 valence electrons. The third kappa shape index (κ3) is 1.87.